The monoisotopic (exact) mass is 374 g/mol. The quantitative estimate of drug-likeness (QED) is 0.668. The minimum absolute atomic E-state index is 0.0942. The van der Waals surface area contributed by atoms with E-state index in [1.807, 2.05) is 36.6 Å². The van der Waals surface area contributed by atoms with Gasteiger partial charge in [0, 0.05) is 16.6 Å². The highest BCUT2D eigenvalue weighted by molar-refractivity contribution is 7.10. The largest absolute Gasteiger partial charge is 0.435 e. The van der Waals surface area contributed by atoms with Gasteiger partial charge in [-0.3, -0.25) is 4.79 Å². The minimum atomic E-state index is -2.85. The lowest BCUT2D eigenvalue weighted by Crippen LogP contribution is -2.14. The number of halogens is 2. The molecule has 0 bridgehead atoms. The number of carbonyl (C=O) groups is 1. The van der Waals surface area contributed by atoms with E-state index in [-0.39, 0.29) is 18.1 Å². The summed E-state index contributed by atoms with van der Waals surface area (Å²) >= 11 is 1.38. The maximum Gasteiger partial charge on any atom is 0.387 e. The van der Waals surface area contributed by atoms with E-state index in [1.165, 1.54) is 23.5 Å². The molecular weight excluding hydrogens is 358 g/mol. The Bertz CT molecular complexity index is 895. The van der Waals surface area contributed by atoms with Crippen LogP contribution >= 0.6 is 11.3 Å². The molecule has 4 nitrogen and oxygen atoms in total. The summed E-state index contributed by atoms with van der Waals surface area (Å²) in [4.78, 5) is 16.6. The Kier molecular flexibility index (Phi) is 5.58. The predicted octanol–water partition coefficient (Wildman–Crippen LogP) is 4.90. The van der Waals surface area contributed by atoms with Gasteiger partial charge in [-0.25, -0.2) is 4.98 Å². The number of aryl methyl sites for hydroxylation is 1. The van der Waals surface area contributed by atoms with Crippen molar-refractivity contribution in [2.45, 2.75) is 20.0 Å². The second-order valence-corrected chi connectivity index (χ2v) is 6.57. The molecule has 26 heavy (non-hydrogen) atoms. The Hall–Kier alpha value is -2.80. The van der Waals surface area contributed by atoms with Crippen molar-refractivity contribution >= 4 is 22.9 Å². The number of ether oxygens (including phenoxy) is 1. The zero-order valence-corrected chi connectivity index (χ0v) is 14.7. The van der Waals surface area contributed by atoms with E-state index in [1.54, 1.807) is 12.1 Å². The first-order valence-electron chi connectivity index (χ1n) is 7.86. The van der Waals surface area contributed by atoms with Gasteiger partial charge in [-0.2, -0.15) is 8.78 Å². The highest BCUT2D eigenvalue weighted by atomic mass is 32.1. The number of nitrogens with one attached hydrogen (secondary N) is 1. The lowest BCUT2D eigenvalue weighted by molar-refractivity contribution is -0.115. The minimum Gasteiger partial charge on any atom is -0.435 e. The molecular formula is C19H16F2N2O2S. The van der Waals surface area contributed by atoms with E-state index in [0.717, 1.165) is 16.8 Å². The third kappa shape index (κ3) is 4.86. The van der Waals surface area contributed by atoms with Gasteiger partial charge >= 0.3 is 6.61 Å². The summed E-state index contributed by atoms with van der Waals surface area (Å²) in [5.74, 6) is -0.0473. The first-order valence-corrected chi connectivity index (χ1v) is 8.74. The number of carbonyl (C=O) groups excluding carboxylic acids is 1. The second kappa shape index (κ2) is 8.05. The Balaban J connectivity index is 1.63. The molecule has 3 rings (SSSR count). The normalized spacial score (nSPS) is 10.8. The van der Waals surface area contributed by atoms with Crippen LogP contribution in [0.5, 0.6) is 5.75 Å². The molecule has 1 N–H and O–H groups in total. The first kappa shape index (κ1) is 18.0. The maximum atomic E-state index is 12.2. The third-order valence-corrected chi connectivity index (χ3v) is 4.39. The summed E-state index contributed by atoms with van der Waals surface area (Å²) in [6.45, 7) is -0.890. The molecule has 0 fully saturated rings. The van der Waals surface area contributed by atoms with E-state index in [0.29, 0.717) is 10.7 Å². The highest BCUT2D eigenvalue weighted by Crippen LogP contribution is 2.25. The van der Waals surface area contributed by atoms with Crippen molar-refractivity contribution < 1.29 is 18.3 Å². The molecule has 0 aliphatic heterocycles. The van der Waals surface area contributed by atoms with Crippen LogP contribution in [0.4, 0.5) is 14.5 Å². The van der Waals surface area contributed by atoms with E-state index in [9.17, 15) is 13.6 Å². The number of amides is 1. The molecule has 2 aromatic carbocycles. The van der Waals surface area contributed by atoms with E-state index >= 15 is 0 Å². The Morgan fingerprint density at radius 2 is 2.00 bits per heavy atom. The van der Waals surface area contributed by atoms with Gasteiger partial charge in [0.05, 0.1) is 12.1 Å². The van der Waals surface area contributed by atoms with Crippen molar-refractivity contribution in [1.29, 1.82) is 0 Å². The van der Waals surface area contributed by atoms with Crippen LogP contribution in [0, 0.1) is 6.92 Å². The van der Waals surface area contributed by atoms with Gasteiger partial charge in [-0.05, 0) is 48.9 Å². The van der Waals surface area contributed by atoms with Gasteiger partial charge in [0.2, 0.25) is 5.91 Å². The van der Waals surface area contributed by atoms with Gasteiger partial charge in [0.15, 0.2) is 0 Å². The standard InChI is InChI=1S/C19H16F2N2O2S/c1-12-3-2-4-14(9-12)22-17(24)10-18-23-16(11-26-18)13-5-7-15(8-6-13)25-19(20)21/h2-9,11,19H,10H2,1H3,(H,22,24). The molecule has 1 heterocycles. The van der Waals surface area contributed by atoms with Gasteiger partial charge in [-0.15, -0.1) is 11.3 Å². The van der Waals surface area contributed by atoms with Crippen molar-refractivity contribution in [2.24, 2.45) is 0 Å². The van der Waals surface area contributed by atoms with Crippen molar-refractivity contribution in [2.75, 3.05) is 5.32 Å². The lowest BCUT2D eigenvalue weighted by atomic mass is 10.2. The SMILES string of the molecule is Cc1cccc(NC(=O)Cc2nc(-c3ccc(OC(F)F)cc3)cs2)c1. The second-order valence-electron chi connectivity index (χ2n) is 5.62. The zero-order chi connectivity index (χ0) is 18.5. The molecule has 1 amide bonds. The molecule has 0 aliphatic carbocycles. The molecule has 3 aromatic rings. The number of anilines is 1. The van der Waals surface area contributed by atoms with Crippen molar-refractivity contribution in [3.63, 3.8) is 0 Å². The summed E-state index contributed by atoms with van der Waals surface area (Å²) in [6, 6.07) is 13.8. The summed E-state index contributed by atoms with van der Waals surface area (Å²) in [6.07, 6.45) is 0.172. The third-order valence-electron chi connectivity index (χ3n) is 3.54. The highest BCUT2D eigenvalue weighted by Gasteiger charge is 2.10. The average Bonchev–Trinajstić information content (AvgIpc) is 3.03. The van der Waals surface area contributed by atoms with Crippen LogP contribution in [-0.4, -0.2) is 17.5 Å². The van der Waals surface area contributed by atoms with Crippen LogP contribution in [0.2, 0.25) is 0 Å². The number of benzene rings is 2. The first-order chi connectivity index (χ1) is 12.5. The van der Waals surface area contributed by atoms with Crippen molar-refractivity contribution in [3.05, 3.63) is 64.5 Å². The number of hydrogen-bond donors (Lipinski definition) is 1. The van der Waals surface area contributed by atoms with Crippen LogP contribution in [0.15, 0.2) is 53.9 Å². The number of rotatable bonds is 6. The average molecular weight is 374 g/mol. The Morgan fingerprint density at radius 3 is 2.69 bits per heavy atom. The predicted molar refractivity (Wildman–Crippen MR) is 97.7 cm³/mol. The molecule has 0 unspecified atom stereocenters. The van der Waals surface area contributed by atoms with Crippen molar-refractivity contribution in [1.82, 2.24) is 4.98 Å². The van der Waals surface area contributed by atoms with E-state index in [4.69, 9.17) is 0 Å². The van der Waals surface area contributed by atoms with E-state index < -0.39 is 6.61 Å². The molecule has 134 valence electrons. The van der Waals surface area contributed by atoms with Gasteiger partial charge in [0.25, 0.3) is 0 Å². The fourth-order valence-corrected chi connectivity index (χ4v) is 3.20. The topological polar surface area (TPSA) is 51.2 Å². The molecule has 0 saturated heterocycles. The smallest absolute Gasteiger partial charge is 0.387 e. The summed E-state index contributed by atoms with van der Waals surface area (Å²) in [5, 5.41) is 5.36. The number of alkyl halides is 2. The summed E-state index contributed by atoms with van der Waals surface area (Å²) < 4.78 is 28.7. The van der Waals surface area contributed by atoms with Crippen LogP contribution in [-0.2, 0) is 11.2 Å². The molecule has 0 atom stereocenters. The molecule has 0 aliphatic rings. The summed E-state index contributed by atoms with van der Waals surface area (Å²) in [7, 11) is 0. The van der Waals surface area contributed by atoms with Gasteiger partial charge < -0.3 is 10.1 Å². The lowest BCUT2D eigenvalue weighted by Gasteiger charge is -2.05. The Morgan fingerprint density at radius 1 is 1.23 bits per heavy atom. The fraction of sp³-hybridized carbons (Fsp3) is 0.158. The number of nitrogens with zero attached hydrogens (tertiary/aromatic N) is 1. The molecule has 0 spiro atoms. The zero-order valence-electron chi connectivity index (χ0n) is 13.9. The molecule has 0 saturated carbocycles. The van der Waals surface area contributed by atoms with Crippen LogP contribution in [0.25, 0.3) is 11.3 Å². The molecule has 7 heteroatoms. The fourth-order valence-electron chi connectivity index (χ4n) is 2.40. The maximum absolute atomic E-state index is 12.2. The van der Waals surface area contributed by atoms with Crippen molar-refractivity contribution in [3.8, 4) is 17.0 Å². The van der Waals surface area contributed by atoms with Crippen LogP contribution in [0.1, 0.15) is 10.6 Å². The number of thiazole rings is 1. The van der Waals surface area contributed by atoms with Crippen LogP contribution < -0.4 is 10.1 Å². The van der Waals surface area contributed by atoms with Gasteiger partial charge in [-0.1, -0.05) is 12.1 Å². The molecule has 1 aromatic heterocycles. The summed E-state index contributed by atoms with van der Waals surface area (Å²) in [5.41, 5.74) is 3.28. The van der Waals surface area contributed by atoms with E-state index in [2.05, 4.69) is 15.0 Å². The number of aromatic nitrogens is 1. The number of hydrogen-bond acceptors (Lipinski definition) is 4. The van der Waals surface area contributed by atoms with Crippen LogP contribution in [0.3, 0.4) is 0 Å². The van der Waals surface area contributed by atoms with Gasteiger partial charge in [0.1, 0.15) is 10.8 Å². The Labute approximate surface area is 153 Å². The molecule has 0 radical (unpaired) electrons.